The third kappa shape index (κ3) is 5.43. The number of hydrogen-bond donors (Lipinski definition) is 1. The minimum atomic E-state index is -0.369. The van der Waals surface area contributed by atoms with Crippen molar-refractivity contribution in [2.75, 3.05) is 40.4 Å². The van der Waals surface area contributed by atoms with Gasteiger partial charge in [-0.1, -0.05) is 30.3 Å². The standard InChI is InChI=1S/C25H27N3O5S/c1-32-20-8-7-17(13-21(20)33-2)14-22-24(30)28(25(31)34-22)12-10-26-23(29)16-27-11-9-18-5-3-4-6-19(18)15-27/h3-8,13-14H,9-12,15-16H2,1-2H3,(H,26,29)/b22-14-. The molecule has 178 valence electrons. The summed E-state index contributed by atoms with van der Waals surface area (Å²) in [5.41, 5.74) is 3.31. The van der Waals surface area contributed by atoms with Crippen LogP contribution in [0.2, 0.25) is 0 Å². The summed E-state index contributed by atoms with van der Waals surface area (Å²) in [6, 6.07) is 13.5. The molecular weight excluding hydrogens is 454 g/mol. The van der Waals surface area contributed by atoms with Crippen LogP contribution in [0.3, 0.4) is 0 Å². The number of nitrogens with one attached hydrogen (secondary N) is 1. The second-order valence-corrected chi connectivity index (χ2v) is 9.02. The Labute approximate surface area is 202 Å². The second kappa shape index (κ2) is 10.8. The zero-order valence-corrected chi connectivity index (χ0v) is 20.0. The quantitative estimate of drug-likeness (QED) is 0.580. The fourth-order valence-corrected chi connectivity index (χ4v) is 4.91. The van der Waals surface area contributed by atoms with E-state index in [0.717, 1.165) is 41.7 Å². The van der Waals surface area contributed by atoms with E-state index in [1.54, 1.807) is 31.4 Å². The number of thioether (sulfide) groups is 1. The third-order valence-electron chi connectivity index (χ3n) is 5.81. The zero-order chi connectivity index (χ0) is 24.1. The molecule has 0 atom stereocenters. The van der Waals surface area contributed by atoms with E-state index in [-0.39, 0.29) is 36.7 Å². The van der Waals surface area contributed by atoms with E-state index < -0.39 is 0 Å². The number of imide groups is 1. The lowest BCUT2D eigenvalue weighted by atomic mass is 10.00. The zero-order valence-electron chi connectivity index (χ0n) is 19.2. The van der Waals surface area contributed by atoms with Gasteiger partial charge in [0, 0.05) is 26.2 Å². The smallest absolute Gasteiger partial charge is 0.293 e. The number of ether oxygens (including phenoxy) is 2. The molecule has 3 amide bonds. The van der Waals surface area contributed by atoms with Gasteiger partial charge in [0.25, 0.3) is 11.1 Å². The van der Waals surface area contributed by atoms with Crippen molar-refractivity contribution >= 4 is 34.9 Å². The Morgan fingerprint density at radius 3 is 2.62 bits per heavy atom. The van der Waals surface area contributed by atoms with E-state index in [1.165, 1.54) is 18.2 Å². The lowest BCUT2D eigenvalue weighted by Gasteiger charge is -2.28. The number of hydrogen-bond acceptors (Lipinski definition) is 7. The first-order valence-corrected chi connectivity index (χ1v) is 11.8. The van der Waals surface area contributed by atoms with Gasteiger partial charge in [-0.25, -0.2) is 0 Å². The van der Waals surface area contributed by atoms with E-state index >= 15 is 0 Å². The summed E-state index contributed by atoms with van der Waals surface area (Å²) < 4.78 is 10.5. The molecule has 1 N–H and O–H groups in total. The predicted octanol–water partition coefficient (Wildman–Crippen LogP) is 2.91. The number of carbonyl (C=O) groups excluding carboxylic acids is 3. The second-order valence-electron chi connectivity index (χ2n) is 8.03. The van der Waals surface area contributed by atoms with Crippen molar-refractivity contribution in [2.45, 2.75) is 13.0 Å². The fraction of sp³-hybridized carbons (Fsp3) is 0.320. The molecule has 0 bridgehead atoms. The number of rotatable bonds is 8. The van der Waals surface area contributed by atoms with Crippen LogP contribution in [0.4, 0.5) is 4.79 Å². The third-order valence-corrected chi connectivity index (χ3v) is 6.72. The van der Waals surface area contributed by atoms with Crippen molar-refractivity contribution in [1.82, 2.24) is 15.1 Å². The van der Waals surface area contributed by atoms with Crippen LogP contribution in [-0.2, 0) is 22.6 Å². The average Bonchev–Trinajstić information content (AvgIpc) is 3.11. The maximum atomic E-state index is 12.7. The molecule has 1 saturated heterocycles. The van der Waals surface area contributed by atoms with Gasteiger partial charge >= 0.3 is 0 Å². The first-order chi connectivity index (χ1) is 16.5. The number of amides is 3. The van der Waals surface area contributed by atoms with Gasteiger partial charge < -0.3 is 14.8 Å². The molecule has 2 aromatic rings. The summed E-state index contributed by atoms with van der Waals surface area (Å²) in [6.07, 6.45) is 2.58. The number of fused-ring (bicyclic) bond motifs is 1. The van der Waals surface area contributed by atoms with Crippen molar-refractivity contribution in [3.63, 3.8) is 0 Å². The molecule has 2 aliphatic heterocycles. The van der Waals surface area contributed by atoms with Crippen LogP contribution in [0.1, 0.15) is 16.7 Å². The van der Waals surface area contributed by atoms with Crippen LogP contribution in [0.5, 0.6) is 11.5 Å². The lowest BCUT2D eigenvalue weighted by molar-refractivity contribution is -0.124. The molecule has 9 heteroatoms. The van der Waals surface area contributed by atoms with E-state index in [1.807, 2.05) is 12.1 Å². The van der Waals surface area contributed by atoms with Crippen molar-refractivity contribution in [3.8, 4) is 11.5 Å². The Hall–Kier alpha value is -3.30. The van der Waals surface area contributed by atoms with Crippen LogP contribution in [0, 0.1) is 0 Å². The van der Waals surface area contributed by atoms with Crippen molar-refractivity contribution in [1.29, 1.82) is 0 Å². The predicted molar refractivity (Wildman–Crippen MR) is 131 cm³/mol. The molecule has 0 spiro atoms. The highest BCUT2D eigenvalue weighted by molar-refractivity contribution is 8.18. The van der Waals surface area contributed by atoms with Crippen LogP contribution in [0.25, 0.3) is 6.08 Å². The van der Waals surface area contributed by atoms with E-state index in [4.69, 9.17) is 9.47 Å². The van der Waals surface area contributed by atoms with Crippen LogP contribution in [0.15, 0.2) is 47.4 Å². The van der Waals surface area contributed by atoms with Crippen molar-refractivity contribution in [3.05, 3.63) is 64.1 Å². The largest absolute Gasteiger partial charge is 0.493 e. The highest BCUT2D eigenvalue weighted by Crippen LogP contribution is 2.34. The first-order valence-electron chi connectivity index (χ1n) is 11.0. The minimum Gasteiger partial charge on any atom is -0.493 e. The van der Waals surface area contributed by atoms with E-state index in [2.05, 4.69) is 22.3 Å². The fourth-order valence-electron chi connectivity index (χ4n) is 4.04. The summed E-state index contributed by atoms with van der Waals surface area (Å²) in [7, 11) is 3.08. The van der Waals surface area contributed by atoms with Gasteiger partial charge in [-0.05, 0) is 53.1 Å². The maximum Gasteiger partial charge on any atom is 0.293 e. The summed E-state index contributed by atoms with van der Waals surface area (Å²) in [4.78, 5) is 41.1. The van der Waals surface area contributed by atoms with Crippen LogP contribution >= 0.6 is 11.8 Å². The Bertz CT molecular complexity index is 1130. The summed E-state index contributed by atoms with van der Waals surface area (Å²) in [5.74, 6) is 0.631. The molecule has 0 aromatic heterocycles. The number of methoxy groups -OCH3 is 2. The van der Waals surface area contributed by atoms with Gasteiger partial charge in [-0.2, -0.15) is 0 Å². The molecule has 2 aromatic carbocycles. The van der Waals surface area contributed by atoms with Gasteiger partial charge in [-0.3, -0.25) is 24.2 Å². The minimum absolute atomic E-state index is 0.118. The molecule has 1 fully saturated rings. The molecule has 8 nitrogen and oxygen atoms in total. The molecular formula is C25H27N3O5S. The summed E-state index contributed by atoms with van der Waals surface area (Å²) in [6.45, 7) is 2.20. The van der Waals surface area contributed by atoms with Crippen LogP contribution < -0.4 is 14.8 Å². The molecule has 4 rings (SSSR count). The molecule has 0 unspecified atom stereocenters. The maximum absolute atomic E-state index is 12.7. The van der Waals surface area contributed by atoms with Crippen molar-refractivity contribution < 1.29 is 23.9 Å². The lowest BCUT2D eigenvalue weighted by Crippen LogP contribution is -2.42. The van der Waals surface area contributed by atoms with Gasteiger partial charge in [-0.15, -0.1) is 0 Å². The summed E-state index contributed by atoms with van der Waals surface area (Å²) >= 11 is 0.886. The Balaban J connectivity index is 1.28. The Morgan fingerprint density at radius 1 is 1.09 bits per heavy atom. The van der Waals surface area contributed by atoms with Crippen LogP contribution in [-0.4, -0.2) is 67.3 Å². The SMILES string of the molecule is COc1ccc(/C=C2\SC(=O)N(CCNC(=O)CN3CCc4ccccc4C3)C2=O)cc1OC. The molecule has 0 saturated carbocycles. The average molecular weight is 482 g/mol. The normalized spacial score (nSPS) is 17.1. The van der Waals surface area contributed by atoms with Gasteiger partial charge in [0.1, 0.15) is 0 Å². The topological polar surface area (TPSA) is 88.2 Å². The highest BCUT2D eigenvalue weighted by Gasteiger charge is 2.34. The summed E-state index contributed by atoms with van der Waals surface area (Å²) in [5, 5.41) is 2.48. The molecule has 0 aliphatic carbocycles. The van der Waals surface area contributed by atoms with Crippen molar-refractivity contribution in [2.24, 2.45) is 0 Å². The number of carbonyl (C=O) groups is 3. The monoisotopic (exact) mass is 481 g/mol. The molecule has 2 aliphatic rings. The van der Waals surface area contributed by atoms with Gasteiger partial charge in [0.2, 0.25) is 5.91 Å². The highest BCUT2D eigenvalue weighted by atomic mass is 32.2. The molecule has 2 heterocycles. The molecule has 34 heavy (non-hydrogen) atoms. The Morgan fingerprint density at radius 2 is 1.85 bits per heavy atom. The first kappa shape index (κ1) is 23.8. The van der Waals surface area contributed by atoms with Gasteiger partial charge in [0.15, 0.2) is 11.5 Å². The van der Waals surface area contributed by atoms with E-state index in [9.17, 15) is 14.4 Å². The van der Waals surface area contributed by atoms with E-state index in [0.29, 0.717) is 16.4 Å². The molecule has 0 radical (unpaired) electrons. The number of nitrogens with zero attached hydrogens (tertiary/aromatic N) is 2. The number of benzene rings is 2. The van der Waals surface area contributed by atoms with Gasteiger partial charge in [0.05, 0.1) is 25.7 Å². The Kier molecular flexibility index (Phi) is 7.54.